The van der Waals surface area contributed by atoms with Crippen molar-refractivity contribution >= 4 is 22.7 Å². The van der Waals surface area contributed by atoms with E-state index in [0.29, 0.717) is 16.9 Å². The molecule has 0 aliphatic rings. The van der Waals surface area contributed by atoms with Crippen molar-refractivity contribution in [2.45, 2.75) is 0 Å². The second kappa shape index (κ2) is 5.28. The van der Waals surface area contributed by atoms with Crippen molar-refractivity contribution in [3.05, 3.63) is 58.1 Å². The predicted molar refractivity (Wildman–Crippen MR) is 76.7 cm³/mol. The van der Waals surface area contributed by atoms with Gasteiger partial charge in [0.25, 0.3) is 0 Å². The molecule has 0 aromatic heterocycles. The van der Waals surface area contributed by atoms with E-state index in [2.05, 4.69) is 0 Å². The summed E-state index contributed by atoms with van der Waals surface area (Å²) in [6, 6.07) is 13.6. The van der Waals surface area contributed by atoms with Gasteiger partial charge >= 0.3 is 5.69 Å². The Morgan fingerprint density at radius 3 is 2.65 bits per heavy atom. The fraction of sp³-hybridized carbons (Fsp3) is 0.0714. The van der Waals surface area contributed by atoms with Crippen LogP contribution in [0.1, 0.15) is 5.56 Å². The highest BCUT2D eigenvalue weighted by molar-refractivity contribution is 5.79. The second-order valence-electron chi connectivity index (χ2n) is 4.19. The van der Waals surface area contributed by atoms with E-state index in [1.165, 1.54) is 6.07 Å². The van der Waals surface area contributed by atoms with Crippen LogP contribution < -0.4 is 10.6 Å². The molecule has 20 heavy (non-hydrogen) atoms. The molecule has 2 N–H and O–H groups in total. The first-order valence-electron chi connectivity index (χ1n) is 5.81. The number of hydrogen-bond donors (Lipinski definition) is 1. The van der Waals surface area contributed by atoms with Crippen molar-refractivity contribution < 1.29 is 4.92 Å². The zero-order valence-corrected chi connectivity index (χ0v) is 10.8. The van der Waals surface area contributed by atoms with Gasteiger partial charge in [-0.15, -0.1) is 0 Å². The minimum absolute atomic E-state index is 0.107. The Labute approximate surface area is 115 Å². The van der Waals surface area contributed by atoms with Gasteiger partial charge < -0.3 is 10.6 Å². The molecule has 0 bridgehead atoms. The van der Waals surface area contributed by atoms with Gasteiger partial charge in [0.2, 0.25) is 0 Å². The number of nitro benzene ring substituents is 1. The number of benzene rings is 2. The highest BCUT2D eigenvalue weighted by atomic mass is 16.6. The van der Waals surface area contributed by atoms with E-state index < -0.39 is 4.92 Å². The highest BCUT2D eigenvalue weighted by Gasteiger charge is 2.21. The zero-order valence-electron chi connectivity index (χ0n) is 10.8. The summed E-state index contributed by atoms with van der Waals surface area (Å²) < 4.78 is 0. The van der Waals surface area contributed by atoms with E-state index in [-0.39, 0.29) is 11.4 Å². The van der Waals surface area contributed by atoms with Crippen LogP contribution in [0.15, 0.2) is 42.5 Å². The van der Waals surface area contributed by atoms with Crippen LogP contribution in [0.4, 0.5) is 22.7 Å². The van der Waals surface area contributed by atoms with Crippen LogP contribution in [0.5, 0.6) is 0 Å². The third-order valence-corrected chi connectivity index (χ3v) is 2.95. The Morgan fingerprint density at radius 1 is 1.30 bits per heavy atom. The number of para-hydroxylation sites is 1. The summed E-state index contributed by atoms with van der Waals surface area (Å²) in [5.41, 5.74) is 7.18. The zero-order chi connectivity index (χ0) is 14.7. The Bertz CT molecular complexity index is 707. The number of rotatable bonds is 3. The quantitative estimate of drug-likeness (QED) is 0.524. The predicted octanol–water partition coefficient (Wildman–Crippen LogP) is 2.82. The molecular weight excluding hydrogens is 256 g/mol. The van der Waals surface area contributed by atoms with E-state index in [9.17, 15) is 10.1 Å². The average Bonchev–Trinajstić information content (AvgIpc) is 2.45. The van der Waals surface area contributed by atoms with Crippen LogP contribution in [0.25, 0.3) is 0 Å². The normalized spacial score (nSPS) is 9.80. The van der Waals surface area contributed by atoms with Crippen LogP contribution in [0.2, 0.25) is 0 Å². The van der Waals surface area contributed by atoms with Crippen molar-refractivity contribution in [3.8, 4) is 6.07 Å². The van der Waals surface area contributed by atoms with Crippen LogP contribution in [-0.2, 0) is 0 Å². The molecule has 0 heterocycles. The molecule has 0 amide bonds. The summed E-state index contributed by atoms with van der Waals surface area (Å²) in [6.45, 7) is 0. The molecule has 0 spiro atoms. The van der Waals surface area contributed by atoms with Gasteiger partial charge in [0.1, 0.15) is 11.4 Å². The summed E-state index contributed by atoms with van der Waals surface area (Å²) in [5.74, 6) is 0. The third kappa shape index (κ3) is 2.37. The van der Waals surface area contributed by atoms with Crippen LogP contribution in [0, 0.1) is 21.4 Å². The van der Waals surface area contributed by atoms with E-state index in [1.54, 1.807) is 48.3 Å². The molecule has 6 heteroatoms. The summed E-state index contributed by atoms with van der Waals surface area (Å²) in [7, 11) is 1.69. The topological polar surface area (TPSA) is 96.2 Å². The molecule has 0 radical (unpaired) electrons. The smallest absolute Gasteiger partial charge is 0.315 e. The van der Waals surface area contributed by atoms with Gasteiger partial charge in [0, 0.05) is 12.7 Å². The van der Waals surface area contributed by atoms with Gasteiger partial charge in [0.05, 0.1) is 16.6 Å². The molecule has 2 aromatic rings. The Kier molecular flexibility index (Phi) is 3.53. The van der Waals surface area contributed by atoms with E-state index in [0.717, 1.165) is 0 Å². The van der Waals surface area contributed by atoms with Crippen LogP contribution in [0.3, 0.4) is 0 Å². The SMILES string of the molecule is CN(c1cccc(C#N)c1)c1cccc(N)c1[N+](=O)[O-]. The first-order valence-corrected chi connectivity index (χ1v) is 5.81. The monoisotopic (exact) mass is 268 g/mol. The van der Waals surface area contributed by atoms with Gasteiger partial charge in [-0.1, -0.05) is 12.1 Å². The summed E-state index contributed by atoms with van der Waals surface area (Å²) in [6.07, 6.45) is 0. The standard InChI is InChI=1S/C14H12N4O2/c1-17(11-5-2-4-10(8-11)9-15)13-7-3-6-12(16)14(13)18(19)20/h2-8H,16H2,1H3. The lowest BCUT2D eigenvalue weighted by atomic mass is 10.1. The maximum Gasteiger partial charge on any atom is 0.315 e. The van der Waals surface area contributed by atoms with Gasteiger partial charge in [-0.05, 0) is 30.3 Å². The summed E-state index contributed by atoms with van der Waals surface area (Å²) in [5, 5.41) is 20.1. The Balaban J connectivity index is 2.54. The van der Waals surface area contributed by atoms with Crippen molar-refractivity contribution in [2.24, 2.45) is 0 Å². The Hall–Kier alpha value is -3.07. The van der Waals surface area contributed by atoms with Crippen LogP contribution in [-0.4, -0.2) is 12.0 Å². The van der Waals surface area contributed by atoms with E-state index in [4.69, 9.17) is 11.0 Å². The maximum absolute atomic E-state index is 11.1. The molecule has 2 rings (SSSR count). The number of nitrogens with two attached hydrogens (primary N) is 1. The molecule has 100 valence electrons. The summed E-state index contributed by atoms with van der Waals surface area (Å²) >= 11 is 0. The lowest BCUT2D eigenvalue weighted by molar-refractivity contribution is -0.383. The minimum Gasteiger partial charge on any atom is -0.393 e. The largest absolute Gasteiger partial charge is 0.393 e. The average molecular weight is 268 g/mol. The number of nitrogen functional groups attached to an aromatic ring is 1. The first-order chi connectivity index (χ1) is 9.54. The second-order valence-corrected chi connectivity index (χ2v) is 4.19. The number of nitrogens with zero attached hydrogens (tertiary/aromatic N) is 3. The van der Waals surface area contributed by atoms with Gasteiger partial charge in [-0.3, -0.25) is 10.1 Å². The van der Waals surface area contributed by atoms with E-state index in [1.807, 2.05) is 6.07 Å². The van der Waals surface area contributed by atoms with Crippen molar-refractivity contribution in [2.75, 3.05) is 17.7 Å². The van der Waals surface area contributed by atoms with Gasteiger partial charge in [-0.2, -0.15) is 5.26 Å². The molecule has 0 saturated heterocycles. The molecule has 0 aliphatic carbocycles. The fourth-order valence-electron chi connectivity index (χ4n) is 1.94. The van der Waals surface area contributed by atoms with Crippen molar-refractivity contribution in [1.29, 1.82) is 5.26 Å². The summed E-state index contributed by atoms with van der Waals surface area (Å²) in [4.78, 5) is 12.3. The Morgan fingerprint density at radius 2 is 2.00 bits per heavy atom. The van der Waals surface area contributed by atoms with Gasteiger partial charge in [-0.25, -0.2) is 0 Å². The third-order valence-electron chi connectivity index (χ3n) is 2.95. The molecule has 2 aromatic carbocycles. The lowest BCUT2D eigenvalue weighted by Crippen LogP contribution is -2.12. The van der Waals surface area contributed by atoms with Crippen molar-refractivity contribution in [1.82, 2.24) is 0 Å². The molecule has 0 aliphatic heterocycles. The molecule has 0 atom stereocenters. The van der Waals surface area contributed by atoms with Crippen LogP contribution >= 0.6 is 0 Å². The first kappa shape index (κ1) is 13.4. The highest BCUT2D eigenvalue weighted by Crippen LogP contribution is 2.36. The minimum atomic E-state index is -0.505. The fourth-order valence-corrected chi connectivity index (χ4v) is 1.94. The lowest BCUT2D eigenvalue weighted by Gasteiger charge is -2.20. The maximum atomic E-state index is 11.1. The number of anilines is 3. The van der Waals surface area contributed by atoms with E-state index >= 15 is 0 Å². The molecular formula is C14H12N4O2. The molecule has 0 fully saturated rings. The number of hydrogen-bond acceptors (Lipinski definition) is 5. The number of nitriles is 1. The molecule has 0 unspecified atom stereocenters. The molecule has 0 saturated carbocycles. The van der Waals surface area contributed by atoms with Gasteiger partial charge in [0.15, 0.2) is 0 Å². The molecule has 6 nitrogen and oxygen atoms in total. The van der Waals surface area contributed by atoms with Crippen molar-refractivity contribution in [3.63, 3.8) is 0 Å². The number of nitro groups is 1.